The number of thioether (sulfide) groups is 1. The minimum atomic E-state index is -0.466. The maximum atomic E-state index is 13.5. The van der Waals surface area contributed by atoms with Gasteiger partial charge >= 0.3 is 0 Å². The van der Waals surface area contributed by atoms with Crippen LogP contribution >= 0.6 is 23.4 Å². The van der Waals surface area contributed by atoms with Crippen LogP contribution in [0.25, 0.3) is 16.8 Å². The van der Waals surface area contributed by atoms with Gasteiger partial charge in [-0.2, -0.15) is 0 Å². The second kappa shape index (κ2) is 14.1. The van der Waals surface area contributed by atoms with Crippen LogP contribution in [0.5, 0.6) is 0 Å². The number of hydrogen-bond acceptors (Lipinski definition) is 4. The van der Waals surface area contributed by atoms with Crippen molar-refractivity contribution < 1.29 is 14.4 Å². The average molecular weight is 620 g/mol. The van der Waals surface area contributed by atoms with E-state index in [1.165, 1.54) is 11.8 Å². The lowest BCUT2D eigenvalue weighted by Gasteiger charge is -2.15. The Labute approximate surface area is 265 Å². The van der Waals surface area contributed by atoms with Crippen LogP contribution in [0.3, 0.4) is 0 Å². The molecule has 0 fully saturated rings. The number of fused-ring (bicyclic) bond motifs is 1. The number of carbonyl (C=O) groups excluding carboxylic acids is 3. The average Bonchev–Trinajstić information content (AvgIpc) is 3.04. The minimum absolute atomic E-state index is 0.107. The molecule has 44 heavy (non-hydrogen) atoms. The minimum Gasteiger partial charge on any atom is -0.325 e. The fourth-order valence-corrected chi connectivity index (χ4v) is 5.57. The Kier molecular flexibility index (Phi) is 9.79. The fraction of sp³-hybridized carbons (Fsp3) is 0.0833. The van der Waals surface area contributed by atoms with Crippen LogP contribution in [-0.4, -0.2) is 23.0 Å². The number of nitrogens with one attached hydrogen (secondary N) is 3. The summed E-state index contributed by atoms with van der Waals surface area (Å²) in [7, 11) is 0. The highest BCUT2D eigenvalue weighted by atomic mass is 35.5. The Hall–Kier alpha value is -4.85. The molecule has 5 aromatic rings. The topological polar surface area (TPSA) is 87.3 Å². The molecule has 0 aromatic heterocycles. The van der Waals surface area contributed by atoms with Crippen LogP contribution in [-0.2, 0) is 9.59 Å². The first-order chi connectivity index (χ1) is 21.3. The van der Waals surface area contributed by atoms with Crippen LogP contribution in [0.2, 0.25) is 5.02 Å². The predicted octanol–water partition coefficient (Wildman–Crippen LogP) is 8.33. The highest BCUT2D eigenvalue weighted by molar-refractivity contribution is 8.00. The molecule has 0 heterocycles. The van der Waals surface area contributed by atoms with E-state index < -0.39 is 5.91 Å². The molecule has 0 radical (unpaired) electrons. The SMILES string of the molecule is Cc1c(Cl)cccc1NC(=O)C(C)Sc1ccc(NC(=O)/C(=C/c2cccc3ccccc23)NC(=O)c2ccccc2)cc1. The molecule has 5 aromatic carbocycles. The van der Waals surface area contributed by atoms with E-state index in [0.29, 0.717) is 22.0 Å². The van der Waals surface area contributed by atoms with E-state index in [-0.39, 0.29) is 22.8 Å². The first-order valence-corrected chi connectivity index (χ1v) is 15.2. The maximum Gasteiger partial charge on any atom is 0.272 e. The Morgan fingerprint density at radius 3 is 2.23 bits per heavy atom. The lowest BCUT2D eigenvalue weighted by atomic mass is 10.0. The van der Waals surface area contributed by atoms with Gasteiger partial charge in [0.15, 0.2) is 0 Å². The van der Waals surface area contributed by atoms with Gasteiger partial charge in [0.05, 0.1) is 5.25 Å². The van der Waals surface area contributed by atoms with Gasteiger partial charge in [0.1, 0.15) is 5.70 Å². The number of amides is 3. The molecule has 3 amide bonds. The van der Waals surface area contributed by atoms with Gasteiger partial charge in [0.2, 0.25) is 5.91 Å². The molecule has 0 aliphatic rings. The molecule has 3 N–H and O–H groups in total. The fourth-order valence-electron chi connectivity index (χ4n) is 4.52. The van der Waals surface area contributed by atoms with Crippen molar-refractivity contribution in [2.75, 3.05) is 10.6 Å². The van der Waals surface area contributed by atoms with E-state index >= 15 is 0 Å². The Balaban J connectivity index is 1.31. The molecule has 0 saturated carbocycles. The summed E-state index contributed by atoms with van der Waals surface area (Å²) in [5.74, 6) is -0.999. The third-order valence-corrected chi connectivity index (χ3v) is 8.49. The molecule has 1 unspecified atom stereocenters. The van der Waals surface area contributed by atoms with E-state index in [0.717, 1.165) is 26.8 Å². The highest BCUT2D eigenvalue weighted by Crippen LogP contribution is 2.28. The third-order valence-electron chi connectivity index (χ3n) is 6.97. The second-order valence-electron chi connectivity index (χ2n) is 10.1. The summed E-state index contributed by atoms with van der Waals surface area (Å²) >= 11 is 7.58. The highest BCUT2D eigenvalue weighted by Gasteiger charge is 2.18. The molecule has 1 atom stereocenters. The summed E-state index contributed by atoms with van der Waals surface area (Å²) in [6.45, 7) is 3.69. The molecule has 220 valence electrons. The van der Waals surface area contributed by atoms with Crippen molar-refractivity contribution in [1.82, 2.24) is 5.32 Å². The zero-order chi connectivity index (χ0) is 31.1. The summed E-state index contributed by atoms with van der Waals surface area (Å²) < 4.78 is 0. The predicted molar refractivity (Wildman–Crippen MR) is 181 cm³/mol. The second-order valence-corrected chi connectivity index (χ2v) is 11.9. The van der Waals surface area contributed by atoms with Crippen molar-refractivity contribution in [2.45, 2.75) is 24.0 Å². The number of carbonyl (C=O) groups is 3. The molecule has 0 aliphatic heterocycles. The van der Waals surface area contributed by atoms with Gasteiger partial charge in [-0.05, 0) is 90.4 Å². The van der Waals surface area contributed by atoms with Crippen LogP contribution < -0.4 is 16.0 Å². The molecular formula is C36H30ClN3O3S. The van der Waals surface area contributed by atoms with E-state index in [4.69, 9.17) is 11.6 Å². The summed E-state index contributed by atoms with van der Waals surface area (Å²) in [6, 6.07) is 35.0. The van der Waals surface area contributed by atoms with Crippen molar-refractivity contribution in [3.63, 3.8) is 0 Å². The molecule has 0 bridgehead atoms. The van der Waals surface area contributed by atoms with Gasteiger partial charge < -0.3 is 16.0 Å². The molecule has 8 heteroatoms. The molecule has 0 saturated heterocycles. The number of hydrogen-bond donors (Lipinski definition) is 3. The van der Waals surface area contributed by atoms with Crippen molar-refractivity contribution in [1.29, 1.82) is 0 Å². The molecule has 6 nitrogen and oxygen atoms in total. The standard InChI is InChI=1S/C36H30ClN3O3S/c1-23-31(37)16-9-17-32(23)39-34(41)24(2)44-29-20-18-28(19-21-29)38-36(43)33(40-35(42)26-11-4-3-5-12-26)22-27-14-8-13-25-10-6-7-15-30(25)27/h3-22,24H,1-2H3,(H,38,43)(H,39,41)(H,40,42)/b33-22-. The number of rotatable bonds is 9. The number of benzene rings is 5. The lowest BCUT2D eigenvalue weighted by molar-refractivity contribution is -0.115. The van der Waals surface area contributed by atoms with Gasteiger partial charge in [-0.25, -0.2) is 0 Å². The summed E-state index contributed by atoms with van der Waals surface area (Å²) in [5.41, 5.74) is 3.38. The van der Waals surface area contributed by atoms with Gasteiger partial charge in [0, 0.05) is 26.9 Å². The van der Waals surface area contributed by atoms with Crippen LogP contribution in [0.15, 0.2) is 126 Å². The Morgan fingerprint density at radius 1 is 0.773 bits per heavy atom. The van der Waals surface area contributed by atoms with Crippen molar-refractivity contribution in [3.8, 4) is 0 Å². The van der Waals surface area contributed by atoms with E-state index in [1.807, 2.05) is 80.6 Å². The zero-order valence-electron chi connectivity index (χ0n) is 24.1. The van der Waals surface area contributed by atoms with E-state index in [2.05, 4.69) is 16.0 Å². The number of anilines is 2. The number of halogens is 1. The maximum absolute atomic E-state index is 13.5. The zero-order valence-corrected chi connectivity index (χ0v) is 25.7. The van der Waals surface area contributed by atoms with Gasteiger partial charge in [-0.3, -0.25) is 14.4 Å². The monoisotopic (exact) mass is 619 g/mol. The van der Waals surface area contributed by atoms with Crippen molar-refractivity contribution in [2.24, 2.45) is 0 Å². The van der Waals surface area contributed by atoms with Gasteiger partial charge in [-0.15, -0.1) is 11.8 Å². The summed E-state index contributed by atoms with van der Waals surface area (Å²) in [4.78, 5) is 40.3. The Bertz CT molecular complexity index is 1850. The molecule has 0 spiro atoms. The lowest BCUT2D eigenvalue weighted by Crippen LogP contribution is -2.30. The van der Waals surface area contributed by atoms with E-state index in [9.17, 15) is 14.4 Å². The van der Waals surface area contributed by atoms with E-state index in [1.54, 1.807) is 54.6 Å². The normalized spacial score (nSPS) is 11.9. The van der Waals surface area contributed by atoms with Gasteiger partial charge in [-0.1, -0.05) is 78.3 Å². The van der Waals surface area contributed by atoms with Crippen LogP contribution in [0.1, 0.15) is 28.4 Å². The Morgan fingerprint density at radius 2 is 1.45 bits per heavy atom. The largest absolute Gasteiger partial charge is 0.325 e. The van der Waals surface area contributed by atoms with Crippen molar-refractivity contribution in [3.05, 3.63) is 143 Å². The third kappa shape index (κ3) is 7.56. The molecule has 0 aliphatic carbocycles. The first kappa shape index (κ1) is 30.6. The summed E-state index contributed by atoms with van der Waals surface area (Å²) in [5, 5.41) is 10.8. The van der Waals surface area contributed by atoms with Crippen LogP contribution in [0, 0.1) is 6.92 Å². The smallest absolute Gasteiger partial charge is 0.272 e. The molecular weight excluding hydrogens is 590 g/mol. The quantitative estimate of drug-likeness (QED) is 0.114. The van der Waals surface area contributed by atoms with Gasteiger partial charge in [0.25, 0.3) is 11.8 Å². The van der Waals surface area contributed by atoms with Crippen molar-refractivity contribution >= 4 is 69.3 Å². The molecule has 5 rings (SSSR count). The first-order valence-electron chi connectivity index (χ1n) is 14.0. The summed E-state index contributed by atoms with van der Waals surface area (Å²) in [6.07, 6.45) is 1.69. The van der Waals surface area contributed by atoms with Crippen LogP contribution in [0.4, 0.5) is 11.4 Å².